The molecule has 0 unspecified atom stereocenters. The van der Waals surface area contributed by atoms with Crippen LogP contribution in [0.2, 0.25) is 0 Å². The lowest BCUT2D eigenvalue weighted by Gasteiger charge is -2.37. The van der Waals surface area contributed by atoms with Crippen LogP contribution in [0.3, 0.4) is 0 Å². The Balaban J connectivity index is 0.000000231. The third kappa shape index (κ3) is 7.33. The highest BCUT2D eigenvalue weighted by molar-refractivity contribution is 4.85. The van der Waals surface area contributed by atoms with Gasteiger partial charge in [-0.05, 0) is 53.4 Å². The van der Waals surface area contributed by atoms with Crippen molar-refractivity contribution in [2.24, 2.45) is 11.8 Å². The molecule has 23 heavy (non-hydrogen) atoms. The van der Waals surface area contributed by atoms with Crippen molar-refractivity contribution >= 4 is 0 Å². The lowest BCUT2D eigenvalue weighted by atomic mass is 9.82. The van der Waals surface area contributed by atoms with Gasteiger partial charge in [0, 0.05) is 5.92 Å². The van der Waals surface area contributed by atoms with Gasteiger partial charge >= 0.3 is 6.18 Å². The van der Waals surface area contributed by atoms with Crippen molar-refractivity contribution in [3.8, 4) is 0 Å². The minimum atomic E-state index is -4.02. The van der Waals surface area contributed by atoms with Crippen molar-refractivity contribution < 1.29 is 31.4 Å². The lowest BCUT2D eigenvalue weighted by molar-refractivity contribution is -0.224. The van der Waals surface area contributed by atoms with Gasteiger partial charge in [0.05, 0.1) is 30.3 Å². The summed E-state index contributed by atoms with van der Waals surface area (Å²) in [6.45, 7) is 7.52. The van der Waals surface area contributed by atoms with Crippen LogP contribution in [0.5, 0.6) is 0 Å². The van der Waals surface area contributed by atoms with E-state index in [0.29, 0.717) is 12.8 Å². The van der Waals surface area contributed by atoms with Gasteiger partial charge in [0.15, 0.2) is 0 Å². The molecule has 138 valence electrons. The summed E-state index contributed by atoms with van der Waals surface area (Å²) in [5.41, 5.74) is 0. The van der Waals surface area contributed by atoms with Crippen LogP contribution < -0.4 is 0 Å². The van der Waals surface area contributed by atoms with Crippen LogP contribution in [-0.2, 0) is 9.47 Å². The summed E-state index contributed by atoms with van der Waals surface area (Å²) in [6.07, 6.45) is -4.69. The molecule has 0 radical (unpaired) electrons. The van der Waals surface area contributed by atoms with Crippen LogP contribution in [0.4, 0.5) is 22.0 Å². The first kappa shape index (κ1) is 20.6. The van der Waals surface area contributed by atoms with E-state index in [-0.39, 0.29) is 37.3 Å². The molecule has 0 aromatic rings. The van der Waals surface area contributed by atoms with Crippen LogP contribution in [0, 0.1) is 11.8 Å². The van der Waals surface area contributed by atoms with E-state index in [1.807, 2.05) is 27.7 Å². The van der Waals surface area contributed by atoms with Gasteiger partial charge in [-0.2, -0.15) is 13.2 Å². The Morgan fingerprint density at radius 2 is 1.17 bits per heavy atom. The van der Waals surface area contributed by atoms with Crippen molar-refractivity contribution in [1.29, 1.82) is 0 Å². The highest BCUT2D eigenvalue weighted by Gasteiger charge is 2.48. The molecule has 0 amide bonds. The molecule has 0 heterocycles. The molecule has 0 saturated heterocycles. The Kier molecular flexibility index (Phi) is 7.71. The molecule has 0 aliphatic heterocycles. The molecule has 2 fully saturated rings. The van der Waals surface area contributed by atoms with Gasteiger partial charge in [-0.3, -0.25) is 0 Å². The molecular weight excluding hydrogens is 319 g/mol. The zero-order valence-corrected chi connectivity index (χ0v) is 14.1. The number of halogens is 5. The van der Waals surface area contributed by atoms with Gasteiger partial charge in [-0.1, -0.05) is 0 Å². The first-order valence-corrected chi connectivity index (χ1v) is 8.14. The molecule has 2 nitrogen and oxygen atoms in total. The summed E-state index contributed by atoms with van der Waals surface area (Å²) in [7, 11) is 0. The van der Waals surface area contributed by atoms with E-state index >= 15 is 0 Å². The number of hydrogen-bond donors (Lipinski definition) is 0. The maximum Gasteiger partial charge on any atom is 0.392 e. The lowest BCUT2D eigenvalue weighted by Crippen LogP contribution is -2.41. The normalized spacial score (nSPS) is 30.8. The second-order valence-electron chi connectivity index (χ2n) is 6.89. The van der Waals surface area contributed by atoms with Crippen LogP contribution in [0.25, 0.3) is 0 Å². The van der Waals surface area contributed by atoms with Gasteiger partial charge in [0.2, 0.25) is 6.43 Å². The SMILES string of the molecule is CC(C)OC1CC(C(F)(F)F)C1.CC(C)OC1CC(C(F)F)C1. The fourth-order valence-electron chi connectivity index (χ4n) is 2.64. The van der Waals surface area contributed by atoms with Crippen molar-refractivity contribution in [2.75, 3.05) is 0 Å². The van der Waals surface area contributed by atoms with E-state index in [1.54, 1.807) is 0 Å². The fraction of sp³-hybridized carbons (Fsp3) is 1.00. The van der Waals surface area contributed by atoms with E-state index in [1.165, 1.54) is 0 Å². The highest BCUT2D eigenvalue weighted by atomic mass is 19.4. The van der Waals surface area contributed by atoms with E-state index in [0.717, 1.165) is 0 Å². The molecule has 0 atom stereocenters. The molecule has 2 aliphatic rings. The molecule has 2 rings (SSSR count). The fourth-order valence-corrected chi connectivity index (χ4v) is 2.64. The summed E-state index contributed by atoms with van der Waals surface area (Å²) in [5, 5.41) is 0. The zero-order chi connectivity index (χ0) is 17.8. The molecule has 2 aliphatic carbocycles. The largest absolute Gasteiger partial charge is 0.392 e. The molecule has 7 heteroatoms. The van der Waals surface area contributed by atoms with Crippen LogP contribution in [0.1, 0.15) is 53.4 Å². The van der Waals surface area contributed by atoms with Crippen molar-refractivity contribution in [1.82, 2.24) is 0 Å². The van der Waals surface area contributed by atoms with Crippen LogP contribution in [-0.4, -0.2) is 37.0 Å². The summed E-state index contributed by atoms with van der Waals surface area (Å²) in [4.78, 5) is 0. The first-order valence-electron chi connectivity index (χ1n) is 8.14. The second-order valence-corrected chi connectivity index (χ2v) is 6.89. The average molecular weight is 346 g/mol. The molecule has 0 N–H and O–H groups in total. The summed E-state index contributed by atoms with van der Waals surface area (Å²) < 4.78 is 70.3. The van der Waals surface area contributed by atoms with Crippen molar-refractivity contribution in [2.45, 2.75) is 90.4 Å². The number of hydrogen-bond acceptors (Lipinski definition) is 2. The summed E-state index contributed by atoms with van der Waals surface area (Å²) in [6, 6.07) is 0. The maximum atomic E-state index is 12.0. The van der Waals surface area contributed by atoms with Gasteiger partial charge in [0.25, 0.3) is 0 Å². The quantitative estimate of drug-likeness (QED) is 0.637. The maximum absolute atomic E-state index is 12.0. The predicted octanol–water partition coefficient (Wildman–Crippen LogP) is 5.21. The van der Waals surface area contributed by atoms with E-state index in [2.05, 4.69) is 0 Å². The monoisotopic (exact) mass is 346 g/mol. The zero-order valence-electron chi connectivity index (χ0n) is 14.1. The van der Waals surface area contributed by atoms with E-state index in [4.69, 9.17) is 9.47 Å². The smallest absolute Gasteiger partial charge is 0.376 e. The van der Waals surface area contributed by atoms with Crippen molar-refractivity contribution in [3.63, 3.8) is 0 Å². The third-order valence-corrected chi connectivity index (χ3v) is 3.97. The topological polar surface area (TPSA) is 18.5 Å². The Labute approximate surface area is 134 Å². The van der Waals surface area contributed by atoms with Gasteiger partial charge in [-0.15, -0.1) is 0 Å². The van der Waals surface area contributed by atoms with Crippen LogP contribution >= 0.6 is 0 Å². The minimum Gasteiger partial charge on any atom is -0.376 e. The Bertz CT molecular complexity index is 332. The molecular formula is C16H27F5O2. The first-order chi connectivity index (χ1) is 10.5. The van der Waals surface area contributed by atoms with E-state index in [9.17, 15) is 22.0 Å². The molecule has 0 aromatic carbocycles. The van der Waals surface area contributed by atoms with Gasteiger partial charge in [0.1, 0.15) is 0 Å². The molecule has 2 saturated carbocycles. The number of ether oxygens (including phenoxy) is 2. The Hall–Kier alpha value is -0.430. The number of alkyl halides is 5. The van der Waals surface area contributed by atoms with Crippen molar-refractivity contribution in [3.05, 3.63) is 0 Å². The Morgan fingerprint density at radius 1 is 0.783 bits per heavy atom. The summed E-state index contributed by atoms with van der Waals surface area (Å²) in [5.74, 6) is -1.53. The molecule has 0 bridgehead atoms. The average Bonchev–Trinajstić information content (AvgIpc) is 2.25. The number of rotatable bonds is 5. The molecule has 0 aromatic heterocycles. The minimum absolute atomic E-state index is 0.0317. The second kappa shape index (κ2) is 8.60. The standard InChI is InChI=1S/C8H13F3O.C8H14F2O/c1-5(2)12-7-3-6(4-7)8(9,10)11;1-5(2)11-7-3-6(4-7)8(9)10/h5-7H,3-4H2,1-2H3;5-8H,3-4H2,1-2H3. The van der Waals surface area contributed by atoms with E-state index < -0.39 is 24.4 Å². The highest BCUT2D eigenvalue weighted by Crippen LogP contribution is 2.42. The Morgan fingerprint density at radius 3 is 1.48 bits per heavy atom. The predicted molar refractivity (Wildman–Crippen MR) is 77.5 cm³/mol. The van der Waals surface area contributed by atoms with Crippen LogP contribution in [0.15, 0.2) is 0 Å². The van der Waals surface area contributed by atoms with Gasteiger partial charge < -0.3 is 9.47 Å². The molecule has 0 spiro atoms. The third-order valence-electron chi connectivity index (χ3n) is 3.97. The summed E-state index contributed by atoms with van der Waals surface area (Å²) >= 11 is 0. The van der Waals surface area contributed by atoms with Gasteiger partial charge in [-0.25, -0.2) is 8.78 Å².